The first-order valence-electron chi connectivity index (χ1n) is 10.6. The van der Waals surface area contributed by atoms with Crippen LogP contribution in [-0.2, 0) is 6.18 Å². The van der Waals surface area contributed by atoms with Gasteiger partial charge < -0.3 is 16.2 Å². The second-order valence-electron chi connectivity index (χ2n) is 8.13. The number of rotatable bonds is 6. The van der Waals surface area contributed by atoms with Crippen LogP contribution in [0.5, 0.6) is 0 Å². The van der Waals surface area contributed by atoms with Gasteiger partial charge in [-0.25, -0.2) is 17.7 Å². The van der Waals surface area contributed by atoms with Crippen molar-refractivity contribution in [3.8, 4) is 11.1 Å². The number of aromatic nitrogens is 4. The molecule has 4 rings (SSSR count). The number of benzene rings is 1. The fourth-order valence-electron chi connectivity index (χ4n) is 3.64. The van der Waals surface area contributed by atoms with E-state index in [1.165, 1.54) is 41.9 Å². The zero-order valence-electron chi connectivity index (χ0n) is 18.9. The number of carbonyl (C=O) groups is 1. The van der Waals surface area contributed by atoms with Crippen LogP contribution in [0.3, 0.4) is 0 Å². The standard InChI is InChI=1S/C23H18F6N6O2/c1-11-2-3-14(12-5-7-35-16(9-12)33-21(30)34-35)18(24)17(11)20(37)32-10-22(25,26)19(36)13-4-6-31-15(8-13)23(27,28)29/h2-9,19,36H,10H2,1H3,(H2,30,34)(H,32,37)/t19-/m0/s1. The fraction of sp³-hybridized carbons (Fsp3) is 0.217. The highest BCUT2D eigenvalue weighted by Gasteiger charge is 2.41. The summed E-state index contributed by atoms with van der Waals surface area (Å²) in [7, 11) is 0. The van der Waals surface area contributed by atoms with Crippen LogP contribution in [0.2, 0.25) is 0 Å². The molecule has 0 radical (unpaired) electrons. The number of halogens is 6. The van der Waals surface area contributed by atoms with Crippen LogP contribution in [0, 0.1) is 12.7 Å². The number of fused-ring (bicyclic) bond motifs is 1. The summed E-state index contributed by atoms with van der Waals surface area (Å²) in [4.78, 5) is 19.7. The van der Waals surface area contributed by atoms with Crippen LogP contribution in [0.15, 0.2) is 48.8 Å². The van der Waals surface area contributed by atoms with Gasteiger partial charge in [0.2, 0.25) is 5.95 Å². The Morgan fingerprint density at radius 2 is 1.89 bits per heavy atom. The predicted molar refractivity (Wildman–Crippen MR) is 119 cm³/mol. The Morgan fingerprint density at radius 3 is 2.59 bits per heavy atom. The number of nitrogens with one attached hydrogen (secondary N) is 1. The van der Waals surface area contributed by atoms with Crippen LogP contribution in [-0.4, -0.2) is 43.1 Å². The Kier molecular flexibility index (Phi) is 6.54. The van der Waals surface area contributed by atoms with Crippen LogP contribution in [0.1, 0.15) is 33.3 Å². The van der Waals surface area contributed by atoms with Crippen LogP contribution in [0.25, 0.3) is 16.8 Å². The number of pyridine rings is 2. The molecule has 1 atom stereocenters. The van der Waals surface area contributed by atoms with Crippen molar-refractivity contribution in [1.29, 1.82) is 0 Å². The maximum absolute atomic E-state index is 15.4. The largest absolute Gasteiger partial charge is 0.433 e. The normalized spacial score (nSPS) is 13.1. The summed E-state index contributed by atoms with van der Waals surface area (Å²) in [6.07, 6.45) is -5.51. The van der Waals surface area contributed by atoms with Gasteiger partial charge in [-0.1, -0.05) is 12.1 Å². The average molecular weight is 524 g/mol. The SMILES string of the molecule is Cc1ccc(-c2ccn3nc(N)nc3c2)c(F)c1C(=O)NCC(F)(F)[C@@H](O)c1ccnc(C(F)(F)F)c1. The predicted octanol–water partition coefficient (Wildman–Crippen LogP) is 3.94. The lowest BCUT2D eigenvalue weighted by Crippen LogP contribution is -2.41. The lowest BCUT2D eigenvalue weighted by Gasteiger charge is -2.24. The second kappa shape index (κ2) is 9.35. The highest BCUT2D eigenvalue weighted by molar-refractivity contribution is 5.97. The number of aryl methyl sites for hydroxylation is 1. The van der Waals surface area contributed by atoms with Crippen molar-refractivity contribution < 1.29 is 36.2 Å². The number of carbonyl (C=O) groups excluding carboxylic acids is 1. The van der Waals surface area contributed by atoms with Gasteiger partial charge in [-0.15, -0.1) is 5.10 Å². The van der Waals surface area contributed by atoms with Crippen LogP contribution < -0.4 is 11.1 Å². The lowest BCUT2D eigenvalue weighted by molar-refractivity contribution is -0.141. The van der Waals surface area contributed by atoms with Crippen molar-refractivity contribution in [1.82, 2.24) is 24.9 Å². The molecule has 0 saturated carbocycles. The van der Waals surface area contributed by atoms with Crippen molar-refractivity contribution >= 4 is 17.5 Å². The number of nitrogens with zero attached hydrogens (tertiary/aromatic N) is 4. The summed E-state index contributed by atoms with van der Waals surface area (Å²) >= 11 is 0. The zero-order chi connectivity index (χ0) is 27.1. The third-order valence-corrected chi connectivity index (χ3v) is 5.52. The molecular weight excluding hydrogens is 506 g/mol. The van der Waals surface area contributed by atoms with E-state index in [1.54, 1.807) is 0 Å². The molecular formula is C23H18F6N6O2. The Balaban J connectivity index is 1.56. The first-order chi connectivity index (χ1) is 17.3. The van der Waals surface area contributed by atoms with Gasteiger partial charge in [0.15, 0.2) is 5.65 Å². The van der Waals surface area contributed by atoms with Gasteiger partial charge in [-0.3, -0.25) is 9.78 Å². The number of nitrogens with two attached hydrogens (primary N) is 1. The molecule has 0 unspecified atom stereocenters. The number of alkyl halides is 5. The van der Waals surface area contributed by atoms with Crippen molar-refractivity contribution in [3.63, 3.8) is 0 Å². The molecule has 4 N–H and O–H groups in total. The Labute approximate surface area is 204 Å². The second-order valence-corrected chi connectivity index (χ2v) is 8.13. The Morgan fingerprint density at radius 1 is 1.16 bits per heavy atom. The maximum atomic E-state index is 15.4. The van der Waals surface area contributed by atoms with Gasteiger partial charge in [0.05, 0.1) is 12.1 Å². The lowest BCUT2D eigenvalue weighted by atomic mass is 9.98. The minimum atomic E-state index is -4.91. The van der Waals surface area contributed by atoms with Crippen molar-refractivity contribution in [2.75, 3.05) is 12.3 Å². The van der Waals surface area contributed by atoms with Crippen LogP contribution >= 0.6 is 0 Å². The average Bonchev–Trinajstić information content (AvgIpc) is 3.21. The summed E-state index contributed by atoms with van der Waals surface area (Å²) in [6, 6.07) is 6.85. The van der Waals surface area contributed by atoms with Crippen molar-refractivity contribution in [3.05, 3.63) is 77.0 Å². The molecule has 0 bridgehead atoms. The summed E-state index contributed by atoms with van der Waals surface area (Å²) in [5, 5.41) is 15.8. The number of nitrogen functional groups attached to an aromatic ring is 1. The summed E-state index contributed by atoms with van der Waals surface area (Å²) in [6.45, 7) is -0.0857. The molecule has 14 heteroatoms. The summed E-state index contributed by atoms with van der Waals surface area (Å²) < 4.78 is 84.5. The first kappa shape index (κ1) is 25.9. The third-order valence-electron chi connectivity index (χ3n) is 5.52. The van der Waals surface area contributed by atoms with Gasteiger partial charge in [0, 0.05) is 18.0 Å². The molecule has 8 nitrogen and oxygen atoms in total. The molecule has 1 amide bonds. The van der Waals surface area contributed by atoms with E-state index in [0.717, 1.165) is 6.07 Å². The quantitative estimate of drug-likeness (QED) is 0.329. The van der Waals surface area contributed by atoms with Gasteiger partial charge in [0.25, 0.3) is 11.8 Å². The molecule has 0 aliphatic carbocycles. The van der Waals surface area contributed by atoms with Crippen LogP contribution in [0.4, 0.5) is 32.3 Å². The molecule has 3 heterocycles. The molecule has 0 spiro atoms. The zero-order valence-corrected chi connectivity index (χ0v) is 18.9. The third kappa shape index (κ3) is 5.18. The van der Waals surface area contributed by atoms with E-state index >= 15 is 4.39 Å². The van der Waals surface area contributed by atoms with Gasteiger partial charge in [-0.2, -0.15) is 18.2 Å². The van der Waals surface area contributed by atoms with E-state index in [1.807, 2.05) is 5.32 Å². The van der Waals surface area contributed by atoms with Crippen molar-refractivity contribution in [2.24, 2.45) is 0 Å². The van der Waals surface area contributed by atoms with E-state index in [2.05, 4.69) is 15.1 Å². The summed E-state index contributed by atoms with van der Waals surface area (Å²) in [5.41, 5.74) is 3.53. The van der Waals surface area contributed by atoms with Gasteiger partial charge >= 0.3 is 6.18 Å². The number of hydrogen-bond acceptors (Lipinski definition) is 6. The van der Waals surface area contributed by atoms with Gasteiger partial charge in [-0.05, 0) is 47.9 Å². The molecule has 37 heavy (non-hydrogen) atoms. The van der Waals surface area contributed by atoms with E-state index in [-0.39, 0.29) is 23.1 Å². The number of anilines is 1. The number of hydrogen-bond donors (Lipinski definition) is 3. The minimum Gasteiger partial charge on any atom is -0.382 e. The highest BCUT2D eigenvalue weighted by atomic mass is 19.4. The molecule has 0 saturated heterocycles. The topological polar surface area (TPSA) is 118 Å². The molecule has 1 aromatic carbocycles. The van der Waals surface area contributed by atoms with E-state index in [0.29, 0.717) is 17.4 Å². The Bertz CT molecular complexity index is 1490. The highest BCUT2D eigenvalue weighted by Crippen LogP contribution is 2.34. The monoisotopic (exact) mass is 524 g/mol. The molecule has 3 aromatic heterocycles. The van der Waals surface area contributed by atoms with E-state index in [9.17, 15) is 31.9 Å². The number of aliphatic hydroxyl groups excluding tert-OH is 1. The minimum absolute atomic E-state index is 0.00823. The fourth-order valence-corrected chi connectivity index (χ4v) is 3.64. The molecule has 4 aromatic rings. The molecule has 0 fully saturated rings. The van der Waals surface area contributed by atoms with E-state index < -0.39 is 53.3 Å². The molecule has 0 aliphatic rings. The first-order valence-corrected chi connectivity index (χ1v) is 10.6. The maximum Gasteiger partial charge on any atom is 0.433 e. The van der Waals surface area contributed by atoms with Gasteiger partial charge in [0.1, 0.15) is 17.6 Å². The molecule has 0 aliphatic heterocycles. The summed E-state index contributed by atoms with van der Waals surface area (Å²) in [5.74, 6) is -6.31. The number of amides is 1. The van der Waals surface area contributed by atoms with Crippen molar-refractivity contribution in [2.45, 2.75) is 25.1 Å². The van der Waals surface area contributed by atoms with E-state index in [4.69, 9.17) is 5.73 Å². The number of aliphatic hydroxyl groups is 1. The Hall–Kier alpha value is -4.20. The molecule has 194 valence electrons. The smallest absolute Gasteiger partial charge is 0.382 e.